The largest absolute Gasteiger partial charge is 0.367 e. The molecule has 6 heteroatoms. The molecular weight excluding hydrogens is 270 g/mol. The standard InChI is InChI=1S/C14H21N5S/c1-2-10-8-11-12(16-9-6-4-3-5-7-9)17-14(19-15)18-13(11)20-10/h8-9H,2-7,15H2,1H3,(H2,16,17,18,19). The van der Waals surface area contributed by atoms with Crippen molar-refractivity contribution in [2.24, 2.45) is 5.84 Å². The van der Waals surface area contributed by atoms with E-state index in [1.54, 1.807) is 11.3 Å². The van der Waals surface area contributed by atoms with E-state index in [0.29, 0.717) is 12.0 Å². The molecule has 2 aromatic heterocycles. The van der Waals surface area contributed by atoms with Gasteiger partial charge in [-0.15, -0.1) is 11.3 Å². The lowest BCUT2D eigenvalue weighted by atomic mass is 9.95. The van der Waals surface area contributed by atoms with Crippen LogP contribution >= 0.6 is 11.3 Å². The van der Waals surface area contributed by atoms with Crippen molar-refractivity contribution in [2.45, 2.75) is 51.5 Å². The van der Waals surface area contributed by atoms with Crippen molar-refractivity contribution in [1.29, 1.82) is 0 Å². The third kappa shape index (κ3) is 2.71. The molecule has 1 aliphatic carbocycles. The molecule has 0 atom stereocenters. The van der Waals surface area contributed by atoms with Crippen LogP contribution in [0.1, 0.15) is 43.9 Å². The van der Waals surface area contributed by atoms with Gasteiger partial charge in [-0.25, -0.2) is 10.8 Å². The van der Waals surface area contributed by atoms with Crippen LogP contribution in [-0.2, 0) is 6.42 Å². The first kappa shape index (κ1) is 13.6. The Bertz CT molecular complexity index is 589. The fraction of sp³-hybridized carbons (Fsp3) is 0.571. The number of fused-ring (bicyclic) bond motifs is 1. The highest BCUT2D eigenvalue weighted by Crippen LogP contribution is 2.32. The van der Waals surface area contributed by atoms with E-state index < -0.39 is 0 Å². The van der Waals surface area contributed by atoms with Crippen molar-refractivity contribution in [3.05, 3.63) is 10.9 Å². The van der Waals surface area contributed by atoms with E-state index in [2.05, 4.69) is 33.7 Å². The zero-order valence-corrected chi connectivity index (χ0v) is 12.6. The number of nitrogens with two attached hydrogens (primary N) is 1. The lowest BCUT2D eigenvalue weighted by Gasteiger charge is -2.23. The van der Waals surface area contributed by atoms with E-state index in [4.69, 9.17) is 5.84 Å². The summed E-state index contributed by atoms with van der Waals surface area (Å²) >= 11 is 1.72. The number of nitrogens with zero attached hydrogens (tertiary/aromatic N) is 2. The van der Waals surface area contributed by atoms with Gasteiger partial charge in [-0.05, 0) is 25.3 Å². The average Bonchev–Trinajstić information content (AvgIpc) is 2.91. The van der Waals surface area contributed by atoms with Crippen molar-refractivity contribution in [3.8, 4) is 0 Å². The molecule has 0 aromatic carbocycles. The van der Waals surface area contributed by atoms with E-state index in [0.717, 1.165) is 22.5 Å². The van der Waals surface area contributed by atoms with Gasteiger partial charge in [-0.2, -0.15) is 4.98 Å². The van der Waals surface area contributed by atoms with Crippen LogP contribution in [0, 0.1) is 0 Å². The molecule has 1 aliphatic rings. The summed E-state index contributed by atoms with van der Waals surface area (Å²) in [5, 5.41) is 4.72. The van der Waals surface area contributed by atoms with Crippen LogP contribution in [0.4, 0.5) is 11.8 Å². The molecule has 4 N–H and O–H groups in total. The Balaban J connectivity index is 1.95. The minimum atomic E-state index is 0.486. The normalized spacial score (nSPS) is 16.5. The highest BCUT2D eigenvalue weighted by Gasteiger charge is 2.17. The first-order valence-electron chi connectivity index (χ1n) is 7.33. The van der Waals surface area contributed by atoms with Crippen molar-refractivity contribution in [1.82, 2.24) is 9.97 Å². The van der Waals surface area contributed by atoms with E-state index in [1.807, 2.05) is 0 Å². The van der Waals surface area contributed by atoms with Gasteiger partial charge in [-0.1, -0.05) is 26.2 Å². The lowest BCUT2D eigenvalue weighted by molar-refractivity contribution is 0.462. The first-order valence-corrected chi connectivity index (χ1v) is 8.15. The van der Waals surface area contributed by atoms with Crippen LogP contribution in [0.3, 0.4) is 0 Å². The Kier molecular flexibility index (Phi) is 4.03. The zero-order valence-electron chi connectivity index (χ0n) is 11.8. The minimum Gasteiger partial charge on any atom is -0.367 e. The Morgan fingerprint density at radius 1 is 1.30 bits per heavy atom. The maximum atomic E-state index is 5.48. The molecule has 2 heterocycles. The average molecular weight is 291 g/mol. The number of hydrazine groups is 1. The Morgan fingerprint density at radius 2 is 2.10 bits per heavy atom. The van der Waals surface area contributed by atoms with Gasteiger partial charge >= 0.3 is 0 Å². The van der Waals surface area contributed by atoms with Gasteiger partial charge in [0.05, 0.1) is 5.39 Å². The summed E-state index contributed by atoms with van der Waals surface area (Å²) in [7, 11) is 0. The molecule has 1 fully saturated rings. The van der Waals surface area contributed by atoms with Crippen LogP contribution in [0.15, 0.2) is 6.07 Å². The maximum Gasteiger partial charge on any atom is 0.240 e. The van der Waals surface area contributed by atoms with Crippen molar-refractivity contribution in [3.63, 3.8) is 0 Å². The smallest absolute Gasteiger partial charge is 0.240 e. The van der Waals surface area contributed by atoms with Crippen LogP contribution < -0.4 is 16.6 Å². The number of rotatable bonds is 4. The summed E-state index contributed by atoms with van der Waals surface area (Å²) in [6.07, 6.45) is 7.43. The van der Waals surface area contributed by atoms with Gasteiger partial charge in [0.2, 0.25) is 5.95 Å². The Morgan fingerprint density at radius 3 is 2.80 bits per heavy atom. The van der Waals surface area contributed by atoms with Gasteiger partial charge in [0.15, 0.2) is 0 Å². The number of hydrogen-bond acceptors (Lipinski definition) is 6. The third-order valence-electron chi connectivity index (χ3n) is 3.87. The number of thiophene rings is 1. The topological polar surface area (TPSA) is 75.9 Å². The predicted octanol–water partition coefficient (Wildman–Crippen LogP) is 3.28. The predicted molar refractivity (Wildman–Crippen MR) is 85.1 cm³/mol. The van der Waals surface area contributed by atoms with E-state index >= 15 is 0 Å². The van der Waals surface area contributed by atoms with Gasteiger partial charge in [-0.3, -0.25) is 5.43 Å². The number of nitrogen functional groups attached to an aromatic ring is 1. The highest BCUT2D eigenvalue weighted by atomic mass is 32.1. The molecule has 0 saturated heterocycles. The highest BCUT2D eigenvalue weighted by molar-refractivity contribution is 7.18. The van der Waals surface area contributed by atoms with Crippen molar-refractivity contribution in [2.75, 3.05) is 10.7 Å². The van der Waals surface area contributed by atoms with Gasteiger partial charge in [0.1, 0.15) is 10.6 Å². The molecule has 0 amide bonds. The third-order valence-corrected chi connectivity index (χ3v) is 5.04. The number of anilines is 2. The summed E-state index contributed by atoms with van der Waals surface area (Å²) in [5.41, 5.74) is 2.57. The van der Waals surface area contributed by atoms with Gasteiger partial charge in [0, 0.05) is 10.9 Å². The van der Waals surface area contributed by atoms with Crippen LogP contribution in [0.5, 0.6) is 0 Å². The molecule has 108 valence electrons. The molecule has 5 nitrogen and oxygen atoms in total. The molecule has 0 bridgehead atoms. The van der Waals surface area contributed by atoms with Gasteiger partial charge in [0.25, 0.3) is 0 Å². The number of aryl methyl sites for hydroxylation is 1. The summed E-state index contributed by atoms with van der Waals surface area (Å²) in [5.74, 6) is 6.89. The molecule has 0 aliphatic heterocycles. The molecule has 0 unspecified atom stereocenters. The number of hydrogen-bond donors (Lipinski definition) is 3. The molecule has 2 aromatic rings. The van der Waals surface area contributed by atoms with E-state index in [-0.39, 0.29) is 0 Å². The molecule has 0 radical (unpaired) electrons. The first-order chi connectivity index (χ1) is 9.80. The quantitative estimate of drug-likeness (QED) is 0.595. The number of nitrogens with one attached hydrogen (secondary N) is 2. The second-order valence-corrected chi connectivity index (χ2v) is 6.42. The SMILES string of the molecule is CCc1cc2c(NC3CCCCC3)nc(NN)nc2s1. The zero-order chi connectivity index (χ0) is 13.9. The Labute approximate surface area is 123 Å². The molecule has 3 rings (SSSR count). The second kappa shape index (κ2) is 5.93. The van der Waals surface area contributed by atoms with E-state index in [9.17, 15) is 0 Å². The molecule has 0 spiro atoms. The summed E-state index contributed by atoms with van der Waals surface area (Å²) in [4.78, 5) is 11.3. The lowest BCUT2D eigenvalue weighted by Crippen LogP contribution is -2.23. The fourth-order valence-electron chi connectivity index (χ4n) is 2.76. The van der Waals surface area contributed by atoms with Crippen molar-refractivity contribution < 1.29 is 0 Å². The number of aromatic nitrogens is 2. The van der Waals surface area contributed by atoms with Crippen molar-refractivity contribution >= 4 is 33.3 Å². The summed E-state index contributed by atoms with van der Waals surface area (Å²) < 4.78 is 0. The van der Waals surface area contributed by atoms with Crippen LogP contribution in [0.25, 0.3) is 10.2 Å². The summed E-state index contributed by atoms with van der Waals surface area (Å²) in [6.45, 7) is 2.16. The molecular formula is C14H21N5S. The fourth-order valence-corrected chi connectivity index (χ4v) is 3.73. The van der Waals surface area contributed by atoms with E-state index in [1.165, 1.54) is 37.0 Å². The minimum absolute atomic E-state index is 0.486. The maximum absolute atomic E-state index is 5.48. The van der Waals surface area contributed by atoms with Crippen LogP contribution in [0.2, 0.25) is 0 Å². The Hall–Kier alpha value is -1.40. The van der Waals surface area contributed by atoms with Gasteiger partial charge < -0.3 is 5.32 Å². The molecule has 20 heavy (non-hydrogen) atoms. The molecule has 1 saturated carbocycles. The second-order valence-electron chi connectivity index (χ2n) is 5.30. The van der Waals surface area contributed by atoms with Crippen LogP contribution in [-0.4, -0.2) is 16.0 Å². The monoisotopic (exact) mass is 291 g/mol. The summed E-state index contributed by atoms with van der Waals surface area (Å²) in [6, 6.07) is 2.73.